The Kier molecular flexibility index (Phi) is 3.96. The van der Waals surface area contributed by atoms with Crippen molar-refractivity contribution in [3.63, 3.8) is 0 Å². The van der Waals surface area contributed by atoms with Gasteiger partial charge in [0.15, 0.2) is 5.69 Å². The molecule has 1 amide bonds. The fourth-order valence-corrected chi connectivity index (χ4v) is 1.94. The Labute approximate surface area is 123 Å². The lowest BCUT2D eigenvalue weighted by molar-refractivity contribution is 0.0690. The molecule has 2 aromatic heterocycles. The molecule has 0 aliphatic heterocycles. The van der Waals surface area contributed by atoms with E-state index in [1.807, 2.05) is 0 Å². The number of carboxylic acids is 1. The second-order valence-corrected chi connectivity index (χ2v) is 4.66. The average molecular weight is 314 g/mol. The molecule has 0 unspecified atom stereocenters. The average Bonchev–Trinajstić information content (AvgIpc) is 2.67. The zero-order valence-corrected chi connectivity index (χ0v) is 11.7. The van der Waals surface area contributed by atoms with E-state index in [9.17, 15) is 9.59 Å². The van der Waals surface area contributed by atoms with Gasteiger partial charge in [-0.1, -0.05) is 29.3 Å². The van der Waals surface area contributed by atoms with Gasteiger partial charge in [-0.15, -0.1) is 0 Å². The quantitative estimate of drug-likeness (QED) is 0.912. The lowest BCUT2D eigenvalue weighted by Gasteiger charge is -2.06. The number of hydrogen-bond donors (Lipinski definition) is 2. The summed E-state index contributed by atoms with van der Waals surface area (Å²) in [5.41, 5.74) is 0.0771. The van der Waals surface area contributed by atoms with Gasteiger partial charge in [-0.25, -0.2) is 9.78 Å². The van der Waals surface area contributed by atoms with Crippen LogP contribution in [0.5, 0.6) is 0 Å². The number of hydrogen-bond acceptors (Lipinski definition) is 3. The zero-order valence-electron chi connectivity index (χ0n) is 10.2. The third-order valence-electron chi connectivity index (χ3n) is 2.56. The fourth-order valence-electron chi connectivity index (χ4n) is 1.56. The highest BCUT2D eigenvalue weighted by Crippen LogP contribution is 2.25. The summed E-state index contributed by atoms with van der Waals surface area (Å²) < 4.78 is 1.42. The smallest absolute Gasteiger partial charge is 0.354 e. The van der Waals surface area contributed by atoms with Crippen LogP contribution in [0.3, 0.4) is 0 Å². The predicted molar refractivity (Wildman–Crippen MR) is 74.6 cm³/mol. The summed E-state index contributed by atoms with van der Waals surface area (Å²) in [6.45, 7) is 0. The molecule has 2 aromatic rings. The summed E-state index contributed by atoms with van der Waals surface area (Å²) in [7, 11) is 1.59. The number of anilines is 1. The van der Waals surface area contributed by atoms with Gasteiger partial charge in [0.2, 0.25) is 0 Å². The molecule has 6 nitrogen and oxygen atoms in total. The van der Waals surface area contributed by atoms with Crippen molar-refractivity contribution >= 4 is 40.9 Å². The molecule has 0 aliphatic rings. The third kappa shape index (κ3) is 2.76. The number of aromatic nitrogens is 2. The van der Waals surface area contributed by atoms with Crippen LogP contribution in [-0.4, -0.2) is 26.5 Å². The van der Waals surface area contributed by atoms with Gasteiger partial charge in [0, 0.05) is 7.05 Å². The maximum absolute atomic E-state index is 12.0. The number of pyridine rings is 1. The van der Waals surface area contributed by atoms with Gasteiger partial charge in [-0.3, -0.25) is 4.79 Å². The van der Waals surface area contributed by atoms with Crippen LogP contribution in [0.25, 0.3) is 0 Å². The van der Waals surface area contributed by atoms with Crippen molar-refractivity contribution in [1.29, 1.82) is 0 Å². The number of carbonyl (C=O) groups excluding carboxylic acids is 1. The van der Waals surface area contributed by atoms with Crippen LogP contribution < -0.4 is 5.32 Å². The molecular weight excluding hydrogens is 305 g/mol. The van der Waals surface area contributed by atoms with Crippen LogP contribution in [0.2, 0.25) is 10.2 Å². The number of aromatic carboxylic acids is 1. The fraction of sp³-hybridized carbons (Fsp3) is 0.0833. The highest BCUT2D eigenvalue weighted by molar-refractivity contribution is 6.42. The van der Waals surface area contributed by atoms with Crippen LogP contribution in [-0.2, 0) is 7.05 Å². The van der Waals surface area contributed by atoms with Crippen LogP contribution in [0.1, 0.15) is 21.0 Å². The standard InChI is InChI=1S/C12H9Cl2N3O3/c1-17-8(5-6(13)10(17)14)11(18)16-9-4-2-3-7(15-9)12(19)20/h2-5H,1H3,(H,19,20)(H,15,16,18). The van der Waals surface area contributed by atoms with Crippen molar-refractivity contribution in [2.75, 3.05) is 5.32 Å². The number of rotatable bonds is 3. The van der Waals surface area contributed by atoms with Gasteiger partial charge in [0.1, 0.15) is 16.7 Å². The SMILES string of the molecule is Cn1c(C(=O)Nc2cccc(C(=O)O)n2)cc(Cl)c1Cl. The van der Waals surface area contributed by atoms with Crippen molar-refractivity contribution in [3.05, 3.63) is 45.8 Å². The lowest BCUT2D eigenvalue weighted by Crippen LogP contribution is -2.17. The highest BCUT2D eigenvalue weighted by Gasteiger charge is 2.16. The monoisotopic (exact) mass is 313 g/mol. The summed E-state index contributed by atoms with van der Waals surface area (Å²) in [6, 6.07) is 5.71. The number of amides is 1. The van der Waals surface area contributed by atoms with Gasteiger partial charge < -0.3 is 15.0 Å². The maximum atomic E-state index is 12.0. The minimum atomic E-state index is -1.17. The van der Waals surface area contributed by atoms with E-state index in [-0.39, 0.29) is 27.4 Å². The Hall–Kier alpha value is -2.05. The first-order chi connectivity index (χ1) is 9.40. The maximum Gasteiger partial charge on any atom is 0.354 e. The van der Waals surface area contributed by atoms with Gasteiger partial charge in [-0.05, 0) is 18.2 Å². The molecule has 2 N–H and O–H groups in total. The van der Waals surface area contributed by atoms with Crippen LogP contribution in [0.15, 0.2) is 24.3 Å². The first-order valence-electron chi connectivity index (χ1n) is 5.42. The first-order valence-corrected chi connectivity index (χ1v) is 6.18. The number of carbonyl (C=O) groups is 2. The molecule has 0 saturated heterocycles. The highest BCUT2D eigenvalue weighted by atomic mass is 35.5. The molecular formula is C12H9Cl2N3O3. The summed E-state index contributed by atoms with van der Waals surface area (Å²) in [5, 5.41) is 11.8. The minimum Gasteiger partial charge on any atom is -0.477 e. The van der Waals surface area contributed by atoms with E-state index in [0.717, 1.165) is 0 Å². The number of carboxylic acid groups (broad SMARTS) is 1. The minimum absolute atomic E-state index is 0.128. The molecule has 20 heavy (non-hydrogen) atoms. The normalized spacial score (nSPS) is 10.3. The Morgan fingerprint density at radius 2 is 2.05 bits per heavy atom. The molecule has 0 saturated carbocycles. The molecule has 0 radical (unpaired) electrons. The van der Waals surface area contributed by atoms with E-state index in [4.69, 9.17) is 28.3 Å². The van der Waals surface area contributed by atoms with Crippen molar-refractivity contribution in [1.82, 2.24) is 9.55 Å². The molecule has 2 heterocycles. The largest absolute Gasteiger partial charge is 0.477 e. The third-order valence-corrected chi connectivity index (χ3v) is 3.40. The van der Waals surface area contributed by atoms with Crippen LogP contribution in [0, 0.1) is 0 Å². The first kappa shape index (κ1) is 14.4. The Bertz CT molecular complexity index is 697. The van der Waals surface area contributed by atoms with E-state index in [0.29, 0.717) is 0 Å². The molecule has 0 aromatic carbocycles. The molecule has 0 spiro atoms. The molecule has 2 rings (SSSR count). The summed E-state index contributed by atoms with van der Waals surface area (Å²) in [4.78, 5) is 26.6. The van der Waals surface area contributed by atoms with Crippen molar-refractivity contribution in [2.24, 2.45) is 7.05 Å². The van der Waals surface area contributed by atoms with E-state index in [2.05, 4.69) is 10.3 Å². The molecule has 0 atom stereocenters. The Balaban J connectivity index is 2.25. The van der Waals surface area contributed by atoms with E-state index < -0.39 is 11.9 Å². The number of nitrogens with one attached hydrogen (secondary N) is 1. The zero-order chi connectivity index (χ0) is 14.9. The molecule has 0 bridgehead atoms. The lowest BCUT2D eigenvalue weighted by atomic mass is 10.3. The molecule has 8 heteroatoms. The molecule has 0 fully saturated rings. The second kappa shape index (κ2) is 5.52. The van der Waals surface area contributed by atoms with Crippen molar-refractivity contribution in [2.45, 2.75) is 0 Å². The van der Waals surface area contributed by atoms with Crippen molar-refractivity contribution in [3.8, 4) is 0 Å². The van der Waals surface area contributed by atoms with Gasteiger partial charge in [0.05, 0.1) is 5.02 Å². The Morgan fingerprint density at radius 1 is 1.35 bits per heavy atom. The van der Waals surface area contributed by atoms with Crippen molar-refractivity contribution < 1.29 is 14.7 Å². The Morgan fingerprint density at radius 3 is 2.60 bits per heavy atom. The van der Waals surface area contributed by atoms with Crippen LogP contribution in [0.4, 0.5) is 5.82 Å². The molecule has 104 valence electrons. The molecule has 0 aliphatic carbocycles. The van der Waals surface area contributed by atoms with Crippen LogP contribution >= 0.6 is 23.2 Å². The number of nitrogens with zero attached hydrogens (tertiary/aromatic N) is 2. The van der Waals surface area contributed by atoms with E-state index >= 15 is 0 Å². The predicted octanol–water partition coefficient (Wildman–Crippen LogP) is 2.68. The summed E-state index contributed by atoms with van der Waals surface area (Å²) in [5.74, 6) is -1.54. The summed E-state index contributed by atoms with van der Waals surface area (Å²) in [6.07, 6.45) is 0. The van der Waals surface area contributed by atoms with Gasteiger partial charge in [0.25, 0.3) is 5.91 Å². The van der Waals surface area contributed by atoms with E-state index in [1.165, 1.54) is 28.8 Å². The second-order valence-electron chi connectivity index (χ2n) is 3.89. The van der Waals surface area contributed by atoms with E-state index in [1.54, 1.807) is 7.05 Å². The topological polar surface area (TPSA) is 84.2 Å². The van der Waals surface area contributed by atoms with Gasteiger partial charge >= 0.3 is 5.97 Å². The number of halogens is 2. The summed E-state index contributed by atoms with van der Waals surface area (Å²) >= 11 is 11.7. The van der Waals surface area contributed by atoms with Gasteiger partial charge in [-0.2, -0.15) is 0 Å².